The second-order valence-electron chi connectivity index (χ2n) is 6.49. The number of hydrogen-bond acceptors (Lipinski definition) is 4. The number of aromatic nitrogens is 2. The third kappa shape index (κ3) is 2.73. The van der Waals surface area contributed by atoms with Gasteiger partial charge in [-0.15, -0.1) is 0 Å². The fourth-order valence-electron chi connectivity index (χ4n) is 3.53. The Kier molecular flexibility index (Phi) is 4.16. The van der Waals surface area contributed by atoms with Crippen LogP contribution in [0.5, 0.6) is 0 Å². The Balaban J connectivity index is 1.53. The Hall–Kier alpha value is -1.87. The molecule has 0 aromatic carbocycles. The third-order valence-corrected chi connectivity index (χ3v) is 5.10. The molecule has 1 amide bonds. The highest BCUT2D eigenvalue weighted by Gasteiger charge is 2.40. The first-order chi connectivity index (χ1) is 10.6. The first kappa shape index (κ1) is 15.0. The molecule has 6 heteroatoms. The van der Waals surface area contributed by atoms with Crippen molar-refractivity contribution in [2.45, 2.75) is 43.7 Å². The summed E-state index contributed by atoms with van der Waals surface area (Å²) in [7, 11) is 1.79. The third-order valence-electron chi connectivity index (χ3n) is 5.10. The van der Waals surface area contributed by atoms with Crippen LogP contribution < -0.4 is 0 Å². The normalized spacial score (nSPS) is 21.8. The van der Waals surface area contributed by atoms with E-state index in [1.807, 2.05) is 16.9 Å². The average molecular weight is 301 g/mol. The Morgan fingerprint density at radius 1 is 1.41 bits per heavy atom. The van der Waals surface area contributed by atoms with Crippen molar-refractivity contribution in [1.29, 1.82) is 5.26 Å². The van der Waals surface area contributed by atoms with E-state index in [9.17, 15) is 10.1 Å². The van der Waals surface area contributed by atoms with E-state index in [4.69, 9.17) is 0 Å². The number of likely N-dealkylation sites (tertiary alicyclic amines) is 1. The summed E-state index contributed by atoms with van der Waals surface area (Å²) in [6.07, 6.45) is 8.60. The standard InChI is InChI=1S/C16H23N5O/c1-19(16(13-17)6-3-2-4-7-16)15(22)12-20-10-14(11-20)21-9-5-8-18-21/h5,8-9,14H,2-4,6-7,10-12H2,1H3. The smallest absolute Gasteiger partial charge is 0.237 e. The lowest BCUT2D eigenvalue weighted by molar-refractivity contribution is -0.137. The fraction of sp³-hybridized carbons (Fsp3) is 0.688. The minimum absolute atomic E-state index is 0.0577. The lowest BCUT2D eigenvalue weighted by Gasteiger charge is -2.43. The van der Waals surface area contributed by atoms with E-state index in [1.165, 1.54) is 6.42 Å². The zero-order valence-electron chi connectivity index (χ0n) is 13.1. The monoisotopic (exact) mass is 301 g/mol. The first-order valence-electron chi connectivity index (χ1n) is 8.04. The van der Waals surface area contributed by atoms with E-state index < -0.39 is 5.54 Å². The quantitative estimate of drug-likeness (QED) is 0.844. The van der Waals surface area contributed by atoms with E-state index in [1.54, 1.807) is 18.1 Å². The highest BCUT2D eigenvalue weighted by molar-refractivity contribution is 5.79. The van der Waals surface area contributed by atoms with Crippen molar-refractivity contribution in [1.82, 2.24) is 19.6 Å². The van der Waals surface area contributed by atoms with Crippen molar-refractivity contribution < 1.29 is 4.79 Å². The lowest BCUT2D eigenvalue weighted by Crippen LogP contribution is -2.56. The SMILES string of the molecule is CN(C(=O)CN1CC(n2cccn2)C1)C1(C#N)CCCCC1. The van der Waals surface area contributed by atoms with Crippen LogP contribution in [0.3, 0.4) is 0 Å². The molecule has 1 saturated carbocycles. The van der Waals surface area contributed by atoms with E-state index >= 15 is 0 Å². The van der Waals surface area contributed by atoms with Crippen LogP contribution in [0.25, 0.3) is 0 Å². The molecule has 1 aliphatic heterocycles. The van der Waals surface area contributed by atoms with Gasteiger partial charge in [0.25, 0.3) is 0 Å². The maximum atomic E-state index is 12.5. The van der Waals surface area contributed by atoms with Crippen LogP contribution in [0.15, 0.2) is 18.5 Å². The molecule has 1 aromatic heterocycles. The molecule has 118 valence electrons. The molecule has 1 aromatic rings. The first-order valence-corrected chi connectivity index (χ1v) is 8.04. The summed E-state index contributed by atoms with van der Waals surface area (Å²) in [5.74, 6) is 0.0577. The van der Waals surface area contributed by atoms with E-state index in [-0.39, 0.29) is 5.91 Å². The summed E-state index contributed by atoms with van der Waals surface area (Å²) in [6.45, 7) is 2.10. The van der Waals surface area contributed by atoms with Crippen LogP contribution in [0.2, 0.25) is 0 Å². The molecule has 0 spiro atoms. The molecule has 0 N–H and O–H groups in total. The second kappa shape index (κ2) is 6.09. The van der Waals surface area contributed by atoms with Crippen LogP contribution in [-0.4, -0.2) is 57.7 Å². The lowest BCUT2D eigenvalue weighted by atomic mass is 9.81. The maximum Gasteiger partial charge on any atom is 0.237 e. The van der Waals surface area contributed by atoms with Gasteiger partial charge >= 0.3 is 0 Å². The van der Waals surface area contributed by atoms with Gasteiger partial charge in [0.15, 0.2) is 0 Å². The number of carbonyl (C=O) groups is 1. The minimum Gasteiger partial charge on any atom is -0.326 e. The molecule has 3 rings (SSSR count). The van der Waals surface area contributed by atoms with Crippen LogP contribution in [0.4, 0.5) is 0 Å². The summed E-state index contributed by atoms with van der Waals surface area (Å²) < 4.78 is 1.95. The minimum atomic E-state index is -0.582. The average Bonchev–Trinajstić information content (AvgIpc) is 3.04. The van der Waals surface area contributed by atoms with Gasteiger partial charge in [-0.25, -0.2) is 0 Å². The van der Waals surface area contributed by atoms with Crippen LogP contribution >= 0.6 is 0 Å². The number of nitriles is 1. The number of hydrogen-bond donors (Lipinski definition) is 0. The molecule has 0 bridgehead atoms. The summed E-state index contributed by atoms with van der Waals surface area (Å²) in [5, 5.41) is 13.8. The van der Waals surface area contributed by atoms with Gasteiger partial charge in [-0.05, 0) is 18.9 Å². The predicted molar refractivity (Wildman–Crippen MR) is 81.9 cm³/mol. The maximum absolute atomic E-state index is 12.5. The van der Waals surface area contributed by atoms with Crippen molar-refractivity contribution in [3.8, 4) is 6.07 Å². The van der Waals surface area contributed by atoms with Gasteiger partial charge in [0.1, 0.15) is 5.54 Å². The second-order valence-corrected chi connectivity index (χ2v) is 6.49. The molecule has 2 fully saturated rings. The molecule has 22 heavy (non-hydrogen) atoms. The summed E-state index contributed by atoms with van der Waals surface area (Å²) in [5.41, 5.74) is -0.582. The molecule has 0 radical (unpaired) electrons. The number of carbonyl (C=O) groups excluding carboxylic acids is 1. The van der Waals surface area contributed by atoms with Gasteiger partial charge in [0.05, 0.1) is 18.7 Å². The molecular formula is C16H23N5O. The number of rotatable bonds is 4. The molecule has 6 nitrogen and oxygen atoms in total. The number of amides is 1. The van der Waals surface area contributed by atoms with E-state index in [0.717, 1.165) is 38.8 Å². The van der Waals surface area contributed by atoms with E-state index in [0.29, 0.717) is 12.6 Å². The molecule has 0 unspecified atom stereocenters. The number of nitrogens with zero attached hydrogens (tertiary/aromatic N) is 5. The van der Waals surface area contributed by atoms with Crippen molar-refractivity contribution in [2.75, 3.05) is 26.7 Å². The van der Waals surface area contributed by atoms with Crippen LogP contribution in [0.1, 0.15) is 38.1 Å². The van der Waals surface area contributed by atoms with Crippen LogP contribution in [-0.2, 0) is 4.79 Å². The zero-order chi connectivity index (χ0) is 15.6. The Morgan fingerprint density at radius 2 is 2.14 bits per heavy atom. The zero-order valence-corrected chi connectivity index (χ0v) is 13.1. The van der Waals surface area contributed by atoms with Crippen LogP contribution in [0, 0.1) is 11.3 Å². The Morgan fingerprint density at radius 3 is 2.73 bits per heavy atom. The van der Waals surface area contributed by atoms with Gasteiger partial charge in [-0.2, -0.15) is 10.4 Å². The van der Waals surface area contributed by atoms with Crippen molar-refractivity contribution in [2.24, 2.45) is 0 Å². The molecular weight excluding hydrogens is 278 g/mol. The molecule has 2 heterocycles. The van der Waals surface area contributed by atoms with Crippen molar-refractivity contribution >= 4 is 5.91 Å². The summed E-state index contributed by atoms with van der Waals surface area (Å²) in [6, 6.07) is 4.70. The van der Waals surface area contributed by atoms with Gasteiger partial charge < -0.3 is 4.90 Å². The largest absolute Gasteiger partial charge is 0.326 e. The molecule has 2 aliphatic rings. The van der Waals surface area contributed by atoms with Crippen molar-refractivity contribution in [3.05, 3.63) is 18.5 Å². The summed E-state index contributed by atoms with van der Waals surface area (Å²) in [4.78, 5) is 16.3. The molecule has 0 atom stereocenters. The molecule has 1 saturated heterocycles. The van der Waals surface area contributed by atoms with Gasteiger partial charge in [0, 0.05) is 32.5 Å². The van der Waals surface area contributed by atoms with Gasteiger partial charge in [-0.3, -0.25) is 14.4 Å². The number of likely N-dealkylation sites (N-methyl/N-ethyl adjacent to an activating group) is 1. The fourth-order valence-corrected chi connectivity index (χ4v) is 3.53. The topological polar surface area (TPSA) is 65.2 Å². The highest BCUT2D eigenvalue weighted by atomic mass is 16.2. The summed E-state index contributed by atoms with van der Waals surface area (Å²) >= 11 is 0. The Bertz CT molecular complexity index is 550. The highest BCUT2D eigenvalue weighted by Crippen LogP contribution is 2.32. The predicted octanol–water partition coefficient (Wildman–Crippen LogP) is 1.42. The van der Waals surface area contributed by atoms with Gasteiger partial charge in [-0.1, -0.05) is 19.3 Å². The molecule has 1 aliphatic carbocycles. The Labute approximate surface area is 131 Å². The van der Waals surface area contributed by atoms with E-state index in [2.05, 4.69) is 16.1 Å². The van der Waals surface area contributed by atoms with Gasteiger partial charge in [0.2, 0.25) is 5.91 Å². The van der Waals surface area contributed by atoms with Crippen molar-refractivity contribution in [3.63, 3.8) is 0 Å².